The van der Waals surface area contributed by atoms with Gasteiger partial charge in [-0.05, 0) is 18.2 Å². The third kappa shape index (κ3) is 3.87. The molecule has 0 saturated carbocycles. The number of halogens is 1. The molecule has 2 N–H and O–H groups in total. The van der Waals surface area contributed by atoms with Crippen LogP contribution in [-0.2, 0) is 14.3 Å². The normalized spacial score (nSPS) is 19.8. The molecule has 0 bridgehead atoms. The molecule has 0 aliphatic carbocycles. The minimum atomic E-state index is -0.567. The number of hydrogen-bond acceptors (Lipinski definition) is 5. The molecule has 9 heteroatoms. The zero-order valence-corrected chi connectivity index (χ0v) is 14.6. The number of amides is 3. The van der Waals surface area contributed by atoms with Crippen LogP contribution < -0.4 is 20.4 Å². The first-order valence-electron chi connectivity index (χ1n) is 8.37. The molecule has 1 unspecified atom stereocenters. The molecule has 0 spiro atoms. The molecule has 2 aliphatic heterocycles. The zero-order valence-electron chi connectivity index (χ0n) is 14.6. The molecule has 140 valence electrons. The average Bonchev–Trinajstić information content (AvgIpc) is 2.90. The van der Waals surface area contributed by atoms with Crippen molar-refractivity contribution in [2.75, 3.05) is 36.0 Å². The van der Waals surface area contributed by atoms with Gasteiger partial charge in [-0.1, -0.05) is 0 Å². The smallest absolute Gasteiger partial charge is 0.414 e. The first kappa shape index (κ1) is 18.0. The first-order chi connectivity index (χ1) is 12.3. The molecule has 1 aromatic carbocycles. The van der Waals surface area contributed by atoms with Crippen LogP contribution in [0.25, 0.3) is 0 Å². The number of carbonyl (C=O) groups excluding carboxylic acids is 3. The van der Waals surface area contributed by atoms with E-state index in [1.165, 1.54) is 24.8 Å². The predicted molar refractivity (Wildman–Crippen MR) is 92.5 cm³/mol. The van der Waals surface area contributed by atoms with Crippen LogP contribution in [0, 0.1) is 5.82 Å². The van der Waals surface area contributed by atoms with E-state index in [0.29, 0.717) is 24.5 Å². The monoisotopic (exact) mass is 364 g/mol. The molecule has 8 nitrogen and oxygen atoms in total. The van der Waals surface area contributed by atoms with Gasteiger partial charge in [0, 0.05) is 26.9 Å². The standard InChI is InChI=1S/C17H21FN4O4/c1-10(23)19-6-14-9-22(17(25)26-14)13-3-4-16(15(18)5-13)21-7-12(8-21)20-11(2)24/h3-5,12,14H,6-9H2,1-2H3,(H,19,23)(H,20,24). The van der Waals surface area contributed by atoms with Crippen molar-refractivity contribution in [1.29, 1.82) is 0 Å². The molecule has 3 amide bonds. The third-order valence-electron chi connectivity index (χ3n) is 4.33. The highest BCUT2D eigenvalue weighted by Gasteiger charge is 2.34. The molecule has 0 aromatic heterocycles. The fourth-order valence-corrected chi connectivity index (χ4v) is 3.07. The summed E-state index contributed by atoms with van der Waals surface area (Å²) in [4.78, 5) is 37.1. The molecule has 1 atom stereocenters. The number of nitrogens with zero attached hydrogens (tertiary/aromatic N) is 2. The van der Waals surface area contributed by atoms with Crippen LogP contribution in [0.3, 0.4) is 0 Å². The number of hydrogen-bond donors (Lipinski definition) is 2. The lowest BCUT2D eigenvalue weighted by atomic mass is 10.1. The Morgan fingerprint density at radius 1 is 1.23 bits per heavy atom. The Labute approximate surface area is 150 Å². The number of carbonyl (C=O) groups is 3. The van der Waals surface area contributed by atoms with E-state index in [0.717, 1.165) is 0 Å². The molecule has 1 aromatic rings. The van der Waals surface area contributed by atoms with Crippen molar-refractivity contribution < 1.29 is 23.5 Å². The van der Waals surface area contributed by atoms with E-state index in [4.69, 9.17) is 4.74 Å². The molecule has 2 saturated heterocycles. The summed E-state index contributed by atoms with van der Waals surface area (Å²) in [7, 11) is 0. The van der Waals surface area contributed by atoms with Gasteiger partial charge < -0.3 is 20.3 Å². The number of ether oxygens (including phenoxy) is 1. The average molecular weight is 364 g/mol. The summed E-state index contributed by atoms with van der Waals surface area (Å²) in [6.45, 7) is 4.38. The quantitative estimate of drug-likeness (QED) is 0.799. The van der Waals surface area contributed by atoms with Crippen LogP contribution in [0.5, 0.6) is 0 Å². The van der Waals surface area contributed by atoms with Crippen LogP contribution in [0.4, 0.5) is 20.6 Å². The summed E-state index contributed by atoms with van der Waals surface area (Å²) in [5.74, 6) is -0.754. The Morgan fingerprint density at radius 2 is 1.96 bits per heavy atom. The molecular formula is C17H21FN4O4. The molecule has 0 radical (unpaired) electrons. The summed E-state index contributed by atoms with van der Waals surface area (Å²) in [5, 5.41) is 5.38. The lowest BCUT2D eigenvalue weighted by Crippen LogP contribution is -2.59. The van der Waals surface area contributed by atoms with E-state index in [2.05, 4.69) is 10.6 Å². The minimum Gasteiger partial charge on any atom is -0.442 e. The number of nitrogens with one attached hydrogen (secondary N) is 2. The zero-order chi connectivity index (χ0) is 18.8. The molecular weight excluding hydrogens is 343 g/mol. The molecule has 3 rings (SSSR count). The first-order valence-corrected chi connectivity index (χ1v) is 8.37. The van der Waals surface area contributed by atoms with Gasteiger partial charge in [-0.2, -0.15) is 0 Å². The minimum absolute atomic E-state index is 0.0228. The number of anilines is 2. The number of rotatable bonds is 5. The van der Waals surface area contributed by atoms with E-state index in [1.54, 1.807) is 12.1 Å². The Morgan fingerprint density at radius 3 is 2.58 bits per heavy atom. The Kier molecular flexibility index (Phi) is 4.97. The Hall–Kier alpha value is -2.84. The van der Waals surface area contributed by atoms with E-state index >= 15 is 0 Å². The van der Waals surface area contributed by atoms with E-state index in [1.807, 2.05) is 4.90 Å². The maximum absolute atomic E-state index is 14.5. The second kappa shape index (κ2) is 7.19. The van der Waals surface area contributed by atoms with Crippen LogP contribution in [-0.4, -0.2) is 56.2 Å². The number of benzene rings is 1. The summed E-state index contributed by atoms with van der Waals surface area (Å²) >= 11 is 0. The van der Waals surface area contributed by atoms with Crippen molar-refractivity contribution >= 4 is 29.3 Å². The van der Waals surface area contributed by atoms with Gasteiger partial charge in [0.05, 0.1) is 30.5 Å². The fourth-order valence-electron chi connectivity index (χ4n) is 3.07. The van der Waals surface area contributed by atoms with Crippen molar-refractivity contribution in [1.82, 2.24) is 10.6 Å². The topological polar surface area (TPSA) is 91.0 Å². The summed E-state index contributed by atoms with van der Waals surface area (Å²) in [5.41, 5.74) is 0.832. The van der Waals surface area contributed by atoms with Gasteiger partial charge in [-0.3, -0.25) is 14.5 Å². The van der Waals surface area contributed by atoms with Crippen molar-refractivity contribution in [3.63, 3.8) is 0 Å². The summed E-state index contributed by atoms with van der Waals surface area (Å²) in [6, 6.07) is 4.59. The van der Waals surface area contributed by atoms with Crippen LogP contribution in [0.2, 0.25) is 0 Å². The lowest BCUT2D eigenvalue weighted by Gasteiger charge is -2.41. The van der Waals surface area contributed by atoms with Gasteiger partial charge >= 0.3 is 6.09 Å². The van der Waals surface area contributed by atoms with Gasteiger partial charge in [0.25, 0.3) is 0 Å². The third-order valence-corrected chi connectivity index (χ3v) is 4.33. The van der Waals surface area contributed by atoms with Gasteiger partial charge in [0.2, 0.25) is 11.8 Å². The Balaban J connectivity index is 1.62. The lowest BCUT2D eigenvalue weighted by molar-refractivity contribution is -0.120. The summed E-state index contributed by atoms with van der Waals surface area (Å²) in [6.07, 6.45) is -1.04. The maximum Gasteiger partial charge on any atom is 0.414 e. The van der Waals surface area contributed by atoms with Crippen LogP contribution >= 0.6 is 0 Å². The molecule has 26 heavy (non-hydrogen) atoms. The maximum atomic E-state index is 14.5. The SMILES string of the molecule is CC(=O)NCC1CN(c2ccc(N3CC(NC(C)=O)C3)c(F)c2)C(=O)O1. The highest BCUT2D eigenvalue weighted by atomic mass is 19.1. The van der Waals surface area contributed by atoms with Crippen molar-refractivity contribution in [2.45, 2.75) is 26.0 Å². The fraction of sp³-hybridized carbons (Fsp3) is 0.471. The van der Waals surface area contributed by atoms with Gasteiger partial charge in [0.1, 0.15) is 11.9 Å². The van der Waals surface area contributed by atoms with E-state index in [9.17, 15) is 18.8 Å². The second-order valence-corrected chi connectivity index (χ2v) is 6.49. The van der Waals surface area contributed by atoms with Gasteiger partial charge in [-0.15, -0.1) is 0 Å². The largest absolute Gasteiger partial charge is 0.442 e. The molecule has 2 heterocycles. The van der Waals surface area contributed by atoms with Crippen molar-refractivity contribution in [2.24, 2.45) is 0 Å². The molecule has 2 aliphatic rings. The van der Waals surface area contributed by atoms with Gasteiger partial charge in [-0.25, -0.2) is 9.18 Å². The van der Waals surface area contributed by atoms with E-state index in [-0.39, 0.29) is 30.9 Å². The molecule has 2 fully saturated rings. The highest BCUT2D eigenvalue weighted by Crippen LogP contribution is 2.30. The predicted octanol–water partition coefficient (Wildman–Crippen LogP) is 0.612. The van der Waals surface area contributed by atoms with Gasteiger partial charge in [0.15, 0.2) is 0 Å². The van der Waals surface area contributed by atoms with Crippen LogP contribution in [0.1, 0.15) is 13.8 Å². The highest BCUT2D eigenvalue weighted by molar-refractivity contribution is 5.90. The second-order valence-electron chi connectivity index (χ2n) is 6.49. The van der Waals surface area contributed by atoms with Crippen LogP contribution in [0.15, 0.2) is 18.2 Å². The Bertz CT molecular complexity index is 735. The van der Waals surface area contributed by atoms with Crippen molar-refractivity contribution in [3.05, 3.63) is 24.0 Å². The number of cyclic esters (lactones) is 1. The summed E-state index contributed by atoms with van der Waals surface area (Å²) < 4.78 is 19.7. The van der Waals surface area contributed by atoms with Crippen molar-refractivity contribution in [3.8, 4) is 0 Å². The van der Waals surface area contributed by atoms with E-state index < -0.39 is 18.0 Å².